The molecule has 0 aromatic rings. The summed E-state index contributed by atoms with van der Waals surface area (Å²) in [6.45, 7) is 2.45. The van der Waals surface area contributed by atoms with Crippen molar-refractivity contribution in [2.24, 2.45) is 0 Å². The van der Waals surface area contributed by atoms with E-state index in [9.17, 15) is 0 Å². The zero-order valence-electron chi connectivity index (χ0n) is 3.98. The highest BCUT2D eigenvalue weighted by atomic mass is 127. The second kappa shape index (κ2) is 3.92. The van der Waals surface area contributed by atoms with Crippen LogP contribution in [0.5, 0.6) is 0 Å². The van der Waals surface area contributed by atoms with E-state index in [1.54, 1.807) is 0 Å². The fourth-order valence-corrected chi connectivity index (χ4v) is 1.24. The van der Waals surface area contributed by atoms with Crippen molar-refractivity contribution in [3.63, 3.8) is 0 Å². The van der Waals surface area contributed by atoms with Crippen LogP contribution in [0.15, 0.2) is 0 Å². The third-order valence-electron chi connectivity index (χ3n) is 1.00. The first kappa shape index (κ1) is 7.98. The summed E-state index contributed by atoms with van der Waals surface area (Å²) < 4.78 is 0.905. The third kappa shape index (κ3) is 2.72. The minimum Gasteiger partial charge on any atom is -0.316 e. The molecule has 0 saturated carbocycles. The average molecular weight is 233 g/mol. The van der Waals surface area contributed by atoms with Gasteiger partial charge in [-0.1, -0.05) is 22.6 Å². The molecule has 0 aromatic carbocycles. The molecule has 1 aliphatic rings. The summed E-state index contributed by atoms with van der Waals surface area (Å²) in [6, 6.07) is 0. The lowest BCUT2D eigenvalue weighted by Crippen LogP contribution is -2.07. The van der Waals surface area contributed by atoms with Crippen LogP contribution in [-0.4, -0.2) is 17.0 Å². The van der Waals surface area contributed by atoms with Gasteiger partial charge in [-0.2, -0.15) is 0 Å². The maximum absolute atomic E-state index is 3.26. The molecular weight excluding hydrogens is 224 g/mol. The summed E-state index contributed by atoms with van der Waals surface area (Å²) in [5, 5.41) is 3.26. The van der Waals surface area contributed by atoms with E-state index in [0.717, 1.165) is 3.92 Å². The van der Waals surface area contributed by atoms with Gasteiger partial charge in [0.15, 0.2) is 0 Å². The van der Waals surface area contributed by atoms with Gasteiger partial charge in [0.2, 0.25) is 0 Å². The Labute approximate surface area is 63.8 Å². The highest BCUT2D eigenvalue weighted by molar-refractivity contribution is 14.1. The van der Waals surface area contributed by atoms with Gasteiger partial charge in [0.1, 0.15) is 0 Å². The van der Waals surface area contributed by atoms with E-state index in [0.29, 0.717) is 0 Å². The smallest absolute Gasteiger partial charge is 0.0246 e. The Hall–Kier alpha value is 0.980. The molecule has 1 heterocycles. The Morgan fingerprint density at radius 1 is 1.57 bits per heavy atom. The molecule has 1 N–H and O–H groups in total. The molecule has 3 heteroatoms. The summed E-state index contributed by atoms with van der Waals surface area (Å²) in [6.07, 6.45) is 1.36. The fourth-order valence-electron chi connectivity index (χ4n) is 0.619. The minimum atomic E-state index is 0. The number of hydrogen-bond acceptors (Lipinski definition) is 1. The molecule has 0 radical (unpaired) electrons. The zero-order chi connectivity index (χ0) is 4.41. The maximum atomic E-state index is 3.26. The quantitative estimate of drug-likeness (QED) is 0.490. The van der Waals surface area contributed by atoms with Gasteiger partial charge >= 0.3 is 0 Å². The van der Waals surface area contributed by atoms with Gasteiger partial charge in [-0.15, -0.1) is 12.4 Å². The highest BCUT2D eigenvalue weighted by Crippen LogP contribution is 2.07. The van der Waals surface area contributed by atoms with E-state index in [1.807, 2.05) is 0 Å². The first-order valence-corrected chi connectivity index (χ1v) is 3.49. The molecule has 0 aromatic heterocycles. The number of halogens is 2. The summed E-state index contributed by atoms with van der Waals surface area (Å²) in [5.41, 5.74) is 0. The molecule has 1 rings (SSSR count). The van der Waals surface area contributed by atoms with Crippen LogP contribution in [0.25, 0.3) is 0 Å². The number of rotatable bonds is 0. The summed E-state index contributed by atoms with van der Waals surface area (Å²) in [4.78, 5) is 0. The van der Waals surface area contributed by atoms with E-state index >= 15 is 0 Å². The van der Waals surface area contributed by atoms with E-state index < -0.39 is 0 Å². The standard InChI is InChI=1S/C4H8IN.ClH/c5-4-1-2-6-3-4;/h4,6H,1-3H2;1H. The topological polar surface area (TPSA) is 12.0 Å². The van der Waals surface area contributed by atoms with Gasteiger partial charge in [0.25, 0.3) is 0 Å². The van der Waals surface area contributed by atoms with Crippen molar-refractivity contribution in [1.29, 1.82) is 0 Å². The van der Waals surface area contributed by atoms with Crippen molar-refractivity contribution in [2.75, 3.05) is 13.1 Å². The van der Waals surface area contributed by atoms with Gasteiger partial charge < -0.3 is 5.32 Å². The number of hydrogen-bond donors (Lipinski definition) is 1. The van der Waals surface area contributed by atoms with E-state index in [1.165, 1.54) is 19.5 Å². The Bertz CT molecular complexity index is 45.0. The van der Waals surface area contributed by atoms with Crippen molar-refractivity contribution >= 4 is 35.0 Å². The van der Waals surface area contributed by atoms with Crippen LogP contribution in [0.4, 0.5) is 0 Å². The second-order valence-corrected chi connectivity index (χ2v) is 3.35. The predicted octanol–water partition coefficient (Wildman–Crippen LogP) is 1.21. The van der Waals surface area contributed by atoms with Gasteiger partial charge in [-0.3, -0.25) is 0 Å². The van der Waals surface area contributed by atoms with Gasteiger partial charge in [0, 0.05) is 10.5 Å². The molecule has 1 saturated heterocycles. The molecule has 7 heavy (non-hydrogen) atoms. The first-order valence-electron chi connectivity index (χ1n) is 2.24. The lowest BCUT2D eigenvalue weighted by atomic mass is 10.4. The molecule has 1 fully saturated rings. The molecule has 0 bridgehead atoms. The summed E-state index contributed by atoms with van der Waals surface area (Å²) >= 11 is 2.47. The zero-order valence-corrected chi connectivity index (χ0v) is 6.96. The molecule has 1 unspecified atom stereocenters. The molecular formula is C4H9ClIN. The van der Waals surface area contributed by atoms with Crippen molar-refractivity contribution in [3.05, 3.63) is 0 Å². The molecule has 1 nitrogen and oxygen atoms in total. The summed E-state index contributed by atoms with van der Waals surface area (Å²) in [7, 11) is 0. The monoisotopic (exact) mass is 233 g/mol. The van der Waals surface area contributed by atoms with Crippen molar-refractivity contribution in [3.8, 4) is 0 Å². The maximum Gasteiger partial charge on any atom is 0.0246 e. The van der Waals surface area contributed by atoms with Gasteiger partial charge in [-0.25, -0.2) is 0 Å². The minimum absolute atomic E-state index is 0. The van der Waals surface area contributed by atoms with E-state index in [-0.39, 0.29) is 12.4 Å². The Morgan fingerprint density at radius 3 is 2.43 bits per heavy atom. The Balaban J connectivity index is 0.000000360. The molecule has 1 aliphatic heterocycles. The van der Waals surface area contributed by atoms with Crippen molar-refractivity contribution in [1.82, 2.24) is 5.32 Å². The highest BCUT2D eigenvalue weighted by Gasteiger charge is 2.07. The third-order valence-corrected chi connectivity index (χ3v) is 2.06. The van der Waals surface area contributed by atoms with Crippen LogP contribution in [0.3, 0.4) is 0 Å². The van der Waals surface area contributed by atoms with Crippen LogP contribution in [0.1, 0.15) is 6.42 Å². The summed E-state index contributed by atoms with van der Waals surface area (Å²) in [5.74, 6) is 0. The SMILES string of the molecule is Cl.IC1CCNC1. The van der Waals surface area contributed by atoms with E-state index in [4.69, 9.17) is 0 Å². The molecule has 44 valence electrons. The van der Waals surface area contributed by atoms with Crippen molar-refractivity contribution in [2.45, 2.75) is 10.3 Å². The number of alkyl halides is 1. The molecule has 0 amide bonds. The molecule has 1 atom stereocenters. The van der Waals surface area contributed by atoms with Crippen LogP contribution in [0.2, 0.25) is 0 Å². The molecule has 0 aliphatic carbocycles. The van der Waals surface area contributed by atoms with Crippen LogP contribution in [0, 0.1) is 0 Å². The fraction of sp³-hybridized carbons (Fsp3) is 1.00. The number of nitrogens with one attached hydrogen (secondary N) is 1. The predicted molar refractivity (Wildman–Crippen MR) is 42.5 cm³/mol. The van der Waals surface area contributed by atoms with Crippen LogP contribution >= 0.6 is 35.0 Å². The normalized spacial score (nSPS) is 29.6. The Morgan fingerprint density at radius 2 is 2.29 bits per heavy atom. The molecule has 0 spiro atoms. The van der Waals surface area contributed by atoms with Crippen molar-refractivity contribution < 1.29 is 0 Å². The van der Waals surface area contributed by atoms with Crippen LogP contribution < -0.4 is 5.32 Å². The van der Waals surface area contributed by atoms with Gasteiger partial charge in [0.05, 0.1) is 0 Å². The second-order valence-electron chi connectivity index (χ2n) is 1.59. The Kier molecular flexibility index (Phi) is 4.47. The first-order chi connectivity index (χ1) is 2.89. The van der Waals surface area contributed by atoms with Gasteiger partial charge in [-0.05, 0) is 13.0 Å². The lowest BCUT2D eigenvalue weighted by molar-refractivity contribution is 0.860. The van der Waals surface area contributed by atoms with E-state index in [2.05, 4.69) is 27.9 Å². The largest absolute Gasteiger partial charge is 0.316 e. The lowest BCUT2D eigenvalue weighted by Gasteiger charge is -1.88. The van der Waals surface area contributed by atoms with Crippen LogP contribution in [-0.2, 0) is 0 Å². The average Bonchev–Trinajstić information content (AvgIpc) is 1.86.